The van der Waals surface area contributed by atoms with Gasteiger partial charge in [0.25, 0.3) is 5.56 Å². The molecule has 0 aliphatic heterocycles. The summed E-state index contributed by atoms with van der Waals surface area (Å²) in [6.45, 7) is 3.86. The number of nitrogens with zero attached hydrogens (tertiary/aromatic N) is 5. The van der Waals surface area contributed by atoms with E-state index < -0.39 is 11.7 Å². The number of aryl methyl sites for hydroxylation is 2. The number of carbonyl (C=O) groups is 1. The highest BCUT2D eigenvalue weighted by Gasteiger charge is 2.31. The molecule has 0 saturated carbocycles. The fourth-order valence-corrected chi connectivity index (χ4v) is 5.78. The van der Waals surface area contributed by atoms with E-state index in [4.69, 9.17) is 11.6 Å². The SMILES string of the molecule is CC(C)c1nc(C(=O)C(C#N)c2nc3sc4c(c3c(=O)[nH]2)CCCC4)nn1-c1ccccc1Cl. The number of hydrogen-bond donors (Lipinski definition) is 1. The molecule has 0 bridgehead atoms. The number of aromatic amines is 1. The predicted octanol–water partition coefficient (Wildman–Crippen LogP) is 4.71. The van der Waals surface area contributed by atoms with Gasteiger partial charge in [0, 0.05) is 10.8 Å². The number of para-hydroxylation sites is 1. The molecule has 8 nitrogen and oxygen atoms in total. The number of halogens is 1. The third-order valence-electron chi connectivity index (χ3n) is 5.96. The molecule has 3 heterocycles. The number of rotatable bonds is 5. The van der Waals surface area contributed by atoms with Gasteiger partial charge in [-0.25, -0.2) is 14.6 Å². The molecule has 1 atom stereocenters. The van der Waals surface area contributed by atoms with E-state index in [1.807, 2.05) is 26.0 Å². The lowest BCUT2D eigenvalue weighted by atomic mass is 9.97. The van der Waals surface area contributed by atoms with Gasteiger partial charge in [-0.1, -0.05) is 37.6 Å². The Morgan fingerprint density at radius 1 is 1.24 bits per heavy atom. The Bertz CT molecular complexity index is 1530. The van der Waals surface area contributed by atoms with Crippen LogP contribution >= 0.6 is 22.9 Å². The molecule has 172 valence electrons. The van der Waals surface area contributed by atoms with Gasteiger partial charge in [0.15, 0.2) is 5.92 Å². The maximum absolute atomic E-state index is 13.4. The van der Waals surface area contributed by atoms with Crippen molar-refractivity contribution < 1.29 is 4.79 Å². The molecule has 1 aromatic carbocycles. The zero-order valence-electron chi connectivity index (χ0n) is 18.6. The summed E-state index contributed by atoms with van der Waals surface area (Å²) < 4.78 is 1.53. The molecule has 34 heavy (non-hydrogen) atoms. The lowest BCUT2D eigenvalue weighted by molar-refractivity contribution is 0.0966. The fraction of sp³-hybridized carbons (Fsp3) is 0.333. The van der Waals surface area contributed by atoms with Crippen LogP contribution in [0.1, 0.15) is 71.2 Å². The largest absolute Gasteiger partial charge is 0.308 e. The van der Waals surface area contributed by atoms with E-state index in [0.717, 1.165) is 36.1 Å². The van der Waals surface area contributed by atoms with Crippen molar-refractivity contribution in [3.63, 3.8) is 0 Å². The molecule has 1 aliphatic carbocycles. The molecule has 0 saturated heterocycles. The topological polar surface area (TPSA) is 117 Å². The van der Waals surface area contributed by atoms with Gasteiger partial charge >= 0.3 is 0 Å². The first-order chi connectivity index (χ1) is 16.4. The van der Waals surface area contributed by atoms with E-state index in [1.54, 1.807) is 18.2 Å². The first-order valence-electron chi connectivity index (χ1n) is 11.1. The third-order valence-corrected chi connectivity index (χ3v) is 7.46. The number of hydrogen-bond acceptors (Lipinski definition) is 7. The molecule has 4 aromatic rings. The first kappa shape index (κ1) is 22.4. The molecule has 1 unspecified atom stereocenters. The fourth-order valence-electron chi connectivity index (χ4n) is 4.29. The summed E-state index contributed by atoms with van der Waals surface area (Å²) in [6, 6.07) is 9.12. The first-order valence-corrected chi connectivity index (χ1v) is 12.3. The van der Waals surface area contributed by atoms with Crippen molar-refractivity contribution in [3.05, 3.63) is 67.6 Å². The molecule has 0 radical (unpaired) electrons. The number of benzene rings is 1. The van der Waals surface area contributed by atoms with Crippen molar-refractivity contribution >= 4 is 38.9 Å². The normalized spacial score (nSPS) is 14.2. The summed E-state index contributed by atoms with van der Waals surface area (Å²) in [5.74, 6) is -1.59. The van der Waals surface area contributed by atoms with Crippen molar-refractivity contribution in [3.8, 4) is 11.8 Å². The number of aromatic nitrogens is 5. The van der Waals surface area contributed by atoms with Gasteiger partial charge in [0.05, 0.1) is 22.2 Å². The maximum atomic E-state index is 13.4. The van der Waals surface area contributed by atoms with E-state index >= 15 is 0 Å². The number of carbonyl (C=O) groups excluding carboxylic acids is 1. The summed E-state index contributed by atoms with van der Waals surface area (Å²) in [7, 11) is 0. The summed E-state index contributed by atoms with van der Waals surface area (Å²) >= 11 is 7.82. The van der Waals surface area contributed by atoms with Crippen molar-refractivity contribution in [2.24, 2.45) is 0 Å². The standard InChI is InChI=1S/C24H21ClN6O2S/c1-12(2)22-27-21(30-31(22)16-9-5-4-8-15(16)25)19(32)14(11-26)20-28-23(33)18-13-7-3-6-10-17(13)34-24(18)29-20/h4-5,8-9,12,14H,3,6-7,10H2,1-2H3,(H,28,29,33). The number of nitrogens with one attached hydrogen (secondary N) is 1. The minimum absolute atomic E-state index is 0.0174. The highest BCUT2D eigenvalue weighted by atomic mass is 35.5. The lowest BCUT2D eigenvalue weighted by Crippen LogP contribution is -2.20. The number of ketones is 1. The number of nitriles is 1. The van der Waals surface area contributed by atoms with Gasteiger partial charge in [0.2, 0.25) is 11.6 Å². The Balaban J connectivity index is 1.57. The molecule has 10 heteroatoms. The Morgan fingerprint density at radius 2 is 2.00 bits per heavy atom. The van der Waals surface area contributed by atoms with Crippen LogP contribution in [0.3, 0.4) is 0 Å². The zero-order valence-corrected chi connectivity index (χ0v) is 20.2. The van der Waals surface area contributed by atoms with Gasteiger partial charge in [-0.05, 0) is 43.4 Å². The second-order valence-corrected chi connectivity index (χ2v) is 10.1. The van der Waals surface area contributed by atoms with Crippen LogP contribution < -0.4 is 5.56 Å². The summed E-state index contributed by atoms with van der Waals surface area (Å²) in [5, 5.41) is 15.3. The van der Waals surface area contributed by atoms with Crippen molar-refractivity contribution in [2.45, 2.75) is 51.4 Å². The van der Waals surface area contributed by atoms with Crippen LogP contribution in [0.5, 0.6) is 0 Å². The highest BCUT2D eigenvalue weighted by molar-refractivity contribution is 7.18. The van der Waals surface area contributed by atoms with E-state index in [-0.39, 0.29) is 23.1 Å². The molecule has 3 aromatic heterocycles. The van der Waals surface area contributed by atoms with Crippen LogP contribution in [-0.2, 0) is 12.8 Å². The molecule has 0 fully saturated rings. The molecule has 5 rings (SSSR count). The Labute approximate surface area is 204 Å². The molecule has 0 amide bonds. The van der Waals surface area contributed by atoms with Crippen LogP contribution in [0.15, 0.2) is 29.1 Å². The predicted molar refractivity (Wildman–Crippen MR) is 130 cm³/mol. The molecular formula is C24H21ClN6O2S. The van der Waals surface area contributed by atoms with Gasteiger partial charge in [0.1, 0.15) is 16.5 Å². The van der Waals surface area contributed by atoms with E-state index in [2.05, 4.69) is 20.1 Å². The minimum Gasteiger partial charge on any atom is -0.308 e. The van der Waals surface area contributed by atoms with Gasteiger partial charge < -0.3 is 4.98 Å². The second-order valence-electron chi connectivity index (χ2n) is 8.58. The van der Waals surface area contributed by atoms with E-state index in [1.165, 1.54) is 16.0 Å². The summed E-state index contributed by atoms with van der Waals surface area (Å²) in [5.41, 5.74) is 1.32. The molecular weight excluding hydrogens is 472 g/mol. The Hall–Kier alpha value is -3.35. The van der Waals surface area contributed by atoms with Gasteiger partial charge in [-0.3, -0.25) is 9.59 Å². The van der Waals surface area contributed by atoms with Crippen molar-refractivity contribution in [1.82, 2.24) is 24.7 Å². The third kappa shape index (κ3) is 3.73. The van der Waals surface area contributed by atoms with Crippen LogP contribution in [0.25, 0.3) is 15.9 Å². The molecule has 1 N–H and O–H groups in total. The Morgan fingerprint density at radius 3 is 2.74 bits per heavy atom. The minimum atomic E-state index is -1.33. The van der Waals surface area contributed by atoms with Crippen LogP contribution in [0.2, 0.25) is 5.02 Å². The quantitative estimate of drug-likeness (QED) is 0.403. The molecule has 1 aliphatic rings. The van der Waals surface area contributed by atoms with Crippen molar-refractivity contribution in [1.29, 1.82) is 5.26 Å². The average Bonchev–Trinajstić information content (AvgIpc) is 3.42. The molecule has 0 spiro atoms. The Kier molecular flexibility index (Phi) is 5.80. The second kappa shape index (κ2) is 8.78. The van der Waals surface area contributed by atoms with Crippen molar-refractivity contribution in [2.75, 3.05) is 0 Å². The zero-order chi connectivity index (χ0) is 24.0. The number of Topliss-reactive ketones (excluding diaryl/α,β-unsaturated/α-hetero) is 1. The number of H-pyrrole nitrogens is 1. The summed E-state index contributed by atoms with van der Waals surface area (Å²) in [6.07, 6.45) is 3.90. The monoisotopic (exact) mass is 492 g/mol. The van der Waals surface area contributed by atoms with Gasteiger partial charge in [-0.15, -0.1) is 16.4 Å². The number of thiophene rings is 1. The van der Waals surface area contributed by atoms with Crippen LogP contribution in [0, 0.1) is 11.3 Å². The van der Waals surface area contributed by atoms with Crippen LogP contribution in [0.4, 0.5) is 0 Å². The van der Waals surface area contributed by atoms with Crippen LogP contribution in [-0.4, -0.2) is 30.5 Å². The maximum Gasteiger partial charge on any atom is 0.259 e. The number of fused-ring (bicyclic) bond motifs is 3. The smallest absolute Gasteiger partial charge is 0.259 e. The van der Waals surface area contributed by atoms with Gasteiger partial charge in [-0.2, -0.15) is 5.26 Å². The average molecular weight is 493 g/mol. The highest BCUT2D eigenvalue weighted by Crippen LogP contribution is 2.34. The summed E-state index contributed by atoms with van der Waals surface area (Å²) in [4.78, 5) is 39.7. The lowest BCUT2D eigenvalue weighted by Gasteiger charge is -2.09. The van der Waals surface area contributed by atoms with E-state index in [9.17, 15) is 14.9 Å². The van der Waals surface area contributed by atoms with E-state index in [0.29, 0.717) is 26.8 Å².